The molecule has 0 aliphatic carbocycles. The van der Waals surface area contributed by atoms with E-state index in [0.29, 0.717) is 0 Å². The summed E-state index contributed by atoms with van der Waals surface area (Å²) in [7, 11) is 0. The first-order chi connectivity index (χ1) is 9.27. The van der Waals surface area contributed by atoms with Crippen molar-refractivity contribution in [3.63, 3.8) is 0 Å². The Bertz CT molecular complexity index is 701. The molecule has 1 heteroatoms. The zero-order valence-electron chi connectivity index (χ0n) is 10.9. The molecule has 0 aliphatic rings. The van der Waals surface area contributed by atoms with Crippen LogP contribution in [0.2, 0.25) is 0 Å². The van der Waals surface area contributed by atoms with E-state index in [0.717, 1.165) is 27.5 Å². The predicted octanol–water partition coefficient (Wildman–Crippen LogP) is 4.23. The van der Waals surface area contributed by atoms with Crippen LogP contribution >= 0.6 is 0 Å². The minimum atomic E-state index is -0.577. The molecular weight excluding hydrogens is 232 g/mol. The van der Waals surface area contributed by atoms with E-state index in [2.05, 4.69) is 24.3 Å². The van der Waals surface area contributed by atoms with Gasteiger partial charge in [-0.2, -0.15) is 0 Å². The molecule has 0 amide bonds. The topological polar surface area (TPSA) is 20.2 Å². The summed E-state index contributed by atoms with van der Waals surface area (Å²) in [6.07, 6.45) is -0.577. The van der Waals surface area contributed by atoms with Gasteiger partial charge in [-0.25, -0.2) is 0 Å². The summed E-state index contributed by atoms with van der Waals surface area (Å²) in [5.41, 5.74) is 3.06. The maximum Gasteiger partial charge on any atom is 0.105 e. The van der Waals surface area contributed by atoms with Crippen LogP contribution in [0.5, 0.6) is 0 Å². The maximum absolute atomic E-state index is 10.7. The van der Waals surface area contributed by atoms with Crippen molar-refractivity contribution < 1.29 is 5.11 Å². The molecule has 0 spiro atoms. The molecule has 1 nitrogen and oxygen atoms in total. The summed E-state index contributed by atoms with van der Waals surface area (Å²) in [6, 6.07) is 22.2. The number of hydrogen-bond acceptors (Lipinski definition) is 1. The molecule has 1 atom stereocenters. The van der Waals surface area contributed by atoms with Gasteiger partial charge in [-0.1, -0.05) is 66.7 Å². The molecule has 0 aliphatic heterocycles. The zero-order valence-corrected chi connectivity index (χ0v) is 10.9. The Hall–Kier alpha value is -2.12. The lowest BCUT2D eigenvalue weighted by atomic mass is 9.92. The highest BCUT2D eigenvalue weighted by molar-refractivity contribution is 5.87. The average molecular weight is 248 g/mol. The summed E-state index contributed by atoms with van der Waals surface area (Å²) in [6.45, 7) is 2.05. The van der Waals surface area contributed by atoms with Gasteiger partial charge in [-0.05, 0) is 34.4 Å². The van der Waals surface area contributed by atoms with Crippen LogP contribution in [0.3, 0.4) is 0 Å². The molecular formula is C18H16O. The quantitative estimate of drug-likeness (QED) is 0.719. The average Bonchev–Trinajstić information content (AvgIpc) is 2.47. The van der Waals surface area contributed by atoms with Gasteiger partial charge in [0, 0.05) is 0 Å². The number of aliphatic hydroxyl groups excluding tert-OH is 1. The number of rotatable bonds is 2. The lowest BCUT2D eigenvalue weighted by Gasteiger charge is -2.17. The van der Waals surface area contributed by atoms with Gasteiger partial charge < -0.3 is 5.11 Å². The van der Waals surface area contributed by atoms with E-state index in [-0.39, 0.29) is 0 Å². The Morgan fingerprint density at radius 3 is 2.26 bits per heavy atom. The van der Waals surface area contributed by atoms with Crippen molar-refractivity contribution in [2.75, 3.05) is 0 Å². The second-order valence-corrected chi connectivity index (χ2v) is 4.83. The number of hydrogen-bond donors (Lipinski definition) is 1. The standard InChI is InChI=1S/C18H16O/c1-13-11-12-14-7-5-6-10-16(14)17(13)18(19)15-8-3-2-4-9-15/h2-12,18-19H,1H3/t18-/m1/s1. The molecule has 1 N–H and O–H groups in total. The van der Waals surface area contributed by atoms with Gasteiger partial charge in [0.25, 0.3) is 0 Å². The smallest absolute Gasteiger partial charge is 0.105 e. The van der Waals surface area contributed by atoms with Crippen LogP contribution in [-0.4, -0.2) is 5.11 Å². The number of fused-ring (bicyclic) bond motifs is 1. The van der Waals surface area contributed by atoms with Crippen molar-refractivity contribution in [1.82, 2.24) is 0 Å². The van der Waals surface area contributed by atoms with E-state index in [9.17, 15) is 5.11 Å². The van der Waals surface area contributed by atoms with Crippen molar-refractivity contribution in [3.8, 4) is 0 Å². The third kappa shape index (κ3) is 2.13. The molecule has 3 aromatic rings. The number of aliphatic hydroxyl groups is 1. The first-order valence-corrected chi connectivity index (χ1v) is 6.48. The fourth-order valence-corrected chi connectivity index (χ4v) is 2.57. The molecule has 3 aromatic carbocycles. The first-order valence-electron chi connectivity index (χ1n) is 6.48. The fourth-order valence-electron chi connectivity index (χ4n) is 2.57. The molecule has 0 saturated carbocycles. The highest BCUT2D eigenvalue weighted by atomic mass is 16.3. The summed E-state index contributed by atoms with van der Waals surface area (Å²) in [5, 5.41) is 13.0. The lowest BCUT2D eigenvalue weighted by molar-refractivity contribution is 0.221. The van der Waals surface area contributed by atoms with E-state index in [1.807, 2.05) is 49.4 Å². The van der Waals surface area contributed by atoms with Crippen LogP contribution in [0.25, 0.3) is 10.8 Å². The third-order valence-electron chi connectivity index (χ3n) is 3.58. The molecule has 0 unspecified atom stereocenters. The van der Waals surface area contributed by atoms with Crippen LogP contribution in [0, 0.1) is 6.92 Å². The summed E-state index contributed by atoms with van der Waals surface area (Å²) in [5.74, 6) is 0. The van der Waals surface area contributed by atoms with Crippen LogP contribution in [0.4, 0.5) is 0 Å². The van der Waals surface area contributed by atoms with Gasteiger partial charge in [0.05, 0.1) is 0 Å². The third-order valence-corrected chi connectivity index (χ3v) is 3.58. The minimum absolute atomic E-state index is 0.577. The first kappa shape index (κ1) is 11.9. The van der Waals surface area contributed by atoms with Gasteiger partial charge in [0.15, 0.2) is 0 Å². The Morgan fingerprint density at radius 1 is 0.789 bits per heavy atom. The SMILES string of the molecule is Cc1ccc2ccccc2c1[C@H](O)c1ccccc1. The van der Waals surface area contributed by atoms with Crippen molar-refractivity contribution in [2.45, 2.75) is 13.0 Å². The van der Waals surface area contributed by atoms with Crippen molar-refractivity contribution in [3.05, 3.63) is 83.4 Å². The predicted molar refractivity (Wildman–Crippen MR) is 79.2 cm³/mol. The molecule has 94 valence electrons. The van der Waals surface area contributed by atoms with Gasteiger partial charge >= 0.3 is 0 Å². The van der Waals surface area contributed by atoms with Gasteiger partial charge in [-0.15, -0.1) is 0 Å². The van der Waals surface area contributed by atoms with E-state index in [4.69, 9.17) is 0 Å². The second kappa shape index (κ2) is 4.87. The summed E-state index contributed by atoms with van der Waals surface area (Å²) >= 11 is 0. The van der Waals surface area contributed by atoms with Crippen LogP contribution in [-0.2, 0) is 0 Å². The molecule has 0 radical (unpaired) electrons. The van der Waals surface area contributed by atoms with Gasteiger partial charge in [0.2, 0.25) is 0 Å². The second-order valence-electron chi connectivity index (χ2n) is 4.83. The zero-order chi connectivity index (χ0) is 13.2. The highest BCUT2D eigenvalue weighted by Crippen LogP contribution is 2.31. The molecule has 0 saturated heterocycles. The van der Waals surface area contributed by atoms with E-state index in [1.54, 1.807) is 0 Å². The maximum atomic E-state index is 10.7. The molecule has 0 fully saturated rings. The van der Waals surface area contributed by atoms with Gasteiger partial charge in [-0.3, -0.25) is 0 Å². The van der Waals surface area contributed by atoms with Crippen molar-refractivity contribution >= 4 is 10.8 Å². The molecule has 0 bridgehead atoms. The normalized spacial score (nSPS) is 12.5. The Morgan fingerprint density at radius 2 is 1.47 bits per heavy atom. The van der Waals surface area contributed by atoms with Crippen molar-refractivity contribution in [1.29, 1.82) is 0 Å². The largest absolute Gasteiger partial charge is 0.384 e. The molecule has 3 rings (SSSR count). The monoisotopic (exact) mass is 248 g/mol. The summed E-state index contributed by atoms with van der Waals surface area (Å²) in [4.78, 5) is 0. The molecule has 19 heavy (non-hydrogen) atoms. The van der Waals surface area contributed by atoms with E-state index in [1.165, 1.54) is 0 Å². The Labute approximate surface area is 113 Å². The molecule has 0 heterocycles. The van der Waals surface area contributed by atoms with Crippen molar-refractivity contribution in [2.24, 2.45) is 0 Å². The van der Waals surface area contributed by atoms with Crippen LogP contribution in [0.1, 0.15) is 22.8 Å². The van der Waals surface area contributed by atoms with Crippen LogP contribution < -0.4 is 0 Å². The Balaban J connectivity index is 2.22. The fraction of sp³-hybridized carbons (Fsp3) is 0.111. The lowest BCUT2D eigenvalue weighted by Crippen LogP contribution is -2.02. The highest BCUT2D eigenvalue weighted by Gasteiger charge is 2.15. The minimum Gasteiger partial charge on any atom is -0.384 e. The molecule has 0 aromatic heterocycles. The number of aryl methyl sites for hydroxylation is 1. The summed E-state index contributed by atoms with van der Waals surface area (Å²) < 4.78 is 0. The number of benzene rings is 3. The van der Waals surface area contributed by atoms with E-state index < -0.39 is 6.10 Å². The van der Waals surface area contributed by atoms with Crippen LogP contribution in [0.15, 0.2) is 66.7 Å². The Kier molecular flexibility index (Phi) is 3.06. The van der Waals surface area contributed by atoms with E-state index >= 15 is 0 Å². The van der Waals surface area contributed by atoms with Gasteiger partial charge in [0.1, 0.15) is 6.10 Å².